The van der Waals surface area contributed by atoms with Gasteiger partial charge in [-0.1, -0.05) is 12.1 Å². The molecule has 0 spiro atoms. The second-order valence-electron chi connectivity index (χ2n) is 9.75. The fourth-order valence-corrected chi connectivity index (χ4v) is 5.59. The predicted molar refractivity (Wildman–Crippen MR) is 156 cm³/mol. The predicted octanol–water partition coefficient (Wildman–Crippen LogP) is 3.86. The average Bonchev–Trinajstić information content (AvgIpc) is 2.91. The zero-order valence-electron chi connectivity index (χ0n) is 23.0. The number of halogens is 1. The lowest BCUT2D eigenvalue weighted by molar-refractivity contribution is 0.606. The molecule has 208 valence electrons. The number of nitrogens with one attached hydrogen (secondary N) is 2. The second kappa shape index (κ2) is 12.1. The van der Waals surface area contributed by atoms with E-state index in [1.54, 1.807) is 31.6 Å². The highest BCUT2D eigenvalue weighted by atomic mass is 32.2. The fraction of sp³-hybridized carbons (Fsp3) is 0.393. The lowest BCUT2D eigenvalue weighted by Gasteiger charge is -2.25. The summed E-state index contributed by atoms with van der Waals surface area (Å²) in [6.45, 7) is 9.34. The van der Waals surface area contributed by atoms with Gasteiger partial charge in [0, 0.05) is 43.8 Å². The Balaban J connectivity index is 1.68. The van der Waals surface area contributed by atoms with Gasteiger partial charge < -0.3 is 15.5 Å². The summed E-state index contributed by atoms with van der Waals surface area (Å²) < 4.78 is 29.6. The summed E-state index contributed by atoms with van der Waals surface area (Å²) in [5.74, 6) is 0.335. The van der Waals surface area contributed by atoms with Crippen LogP contribution in [0.25, 0.3) is 10.8 Å². The van der Waals surface area contributed by atoms with Crippen LogP contribution in [0.1, 0.15) is 49.7 Å². The number of nitrogens with zero attached hydrogens (tertiary/aromatic N) is 4. The number of fused-ring (bicyclic) bond motifs is 1. The van der Waals surface area contributed by atoms with E-state index in [2.05, 4.69) is 25.5 Å². The molecule has 0 saturated heterocycles. The number of aryl methyl sites for hydroxylation is 2. The monoisotopic (exact) mass is 553 g/mol. The summed E-state index contributed by atoms with van der Waals surface area (Å²) in [6.07, 6.45) is 8.68. The maximum atomic E-state index is 16.2. The average molecular weight is 554 g/mol. The van der Waals surface area contributed by atoms with E-state index >= 15 is 4.39 Å². The molecule has 2 atom stereocenters. The number of aromatic nitrogens is 3. The summed E-state index contributed by atoms with van der Waals surface area (Å²) >= 11 is 0. The van der Waals surface area contributed by atoms with Gasteiger partial charge in [-0.2, -0.15) is 0 Å². The van der Waals surface area contributed by atoms with Crippen LogP contribution in [0.5, 0.6) is 0 Å². The highest BCUT2D eigenvalue weighted by molar-refractivity contribution is 7.87. The Labute approximate surface area is 230 Å². The maximum absolute atomic E-state index is 16.2. The van der Waals surface area contributed by atoms with Crippen molar-refractivity contribution in [3.63, 3.8) is 0 Å². The van der Waals surface area contributed by atoms with Crippen LogP contribution in [0, 0.1) is 19.7 Å². The van der Waals surface area contributed by atoms with E-state index in [0.29, 0.717) is 41.2 Å². The fourth-order valence-electron chi connectivity index (χ4n) is 4.95. The zero-order chi connectivity index (χ0) is 28.3. The molecule has 2 aromatic heterocycles. The highest BCUT2D eigenvalue weighted by Crippen LogP contribution is 2.31. The van der Waals surface area contributed by atoms with Gasteiger partial charge in [-0.15, -0.1) is 0 Å². The molecule has 1 aliphatic carbocycles. The molecule has 4 rings (SSSR count). The lowest BCUT2D eigenvalue weighted by atomic mass is 9.96. The Morgan fingerprint density at radius 1 is 1.26 bits per heavy atom. The van der Waals surface area contributed by atoms with E-state index in [0.717, 1.165) is 29.9 Å². The van der Waals surface area contributed by atoms with Crippen molar-refractivity contribution in [2.24, 2.45) is 12.2 Å². The van der Waals surface area contributed by atoms with Crippen molar-refractivity contribution >= 4 is 33.3 Å². The molecule has 1 unspecified atom stereocenters. The van der Waals surface area contributed by atoms with Crippen LogP contribution in [0.4, 0.5) is 15.9 Å². The van der Waals surface area contributed by atoms with Gasteiger partial charge in [0.05, 0.1) is 28.4 Å². The van der Waals surface area contributed by atoms with Crippen LogP contribution < -0.4 is 26.2 Å². The summed E-state index contributed by atoms with van der Waals surface area (Å²) in [5.41, 5.74) is 2.86. The minimum absolute atomic E-state index is 0.129. The molecule has 0 saturated carbocycles. The highest BCUT2D eigenvalue weighted by Gasteiger charge is 2.23. The van der Waals surface area contributed by atoms with Crippen LogP contribution in [0.15, 0.2) is 52.1 Å². The molecule has 0 amide bonds. The first-order chi connectivity index (χ1) is 18.6. The van der Waals surface area contributed by atoms with E-state index in [4.69, 9.17) is 5.14 Å². The van der Waals surface area contributed by atoms with E-state index in [1.807, 2.05) is 39.8 Å². The van der Waals surface area contributed by atoms with Gasteiger partial charge in [0.25, 0.3) is 5.56 Å². The first kappa shape index (κ1) is 28.4. The Hall–Kier alpha value is -3.57. The van der Waals surface area contributed by atoms with Crippen molar-refractivity contribution in [2.75, 3.05) is 29.9 Å². The molecule has 3 aromatic rings. The lowest BCUT2D eigenvalue weighted by Crippen LogP contribution is -2.31. The second-order valence-corrected chi connectivity index (χ2v) is 10.8. The van der Waals surface area contributed by atoms with Gasteiger partial charge in [0.2, 0.25) is 0 Å². The zero-order valence-corrected chi connectivity index (χ0v) is 23.9. The molecule has 0 fully saturated rings. The molecule has 11 heteroatoms. The van der Waals surface area contributed by atoms with Crippen LogP contribution in [0.3, 0.4) is 0 Å². The van der Waals surface area contributed by atoms with Crippen molar-refractivity contribution in [2.45, 2.75) is 46.6 Å². The van der Waals surface area contributed by atoms with Gasteiger partial charge in [0.15, 0.2) is 5.82 Å². The van der Waals surface area contributed by atoms with Crippen molar-refractivity contribution in [1.82, 2.24) is 19.9 Å². The number of allylic oxidation sites excluding steroid dienone is 3. The molecule has 1 aromatic carbocycles. The molecule has 1 aliphatic rings. The SMILES string of the molecule is CCN(CCNc1c(F)c2c([C@@H](C)NC3=C(S(N)=O)C=CCC3)cc(C)cc2c(=O)n1C)c1cnc(C)nc1. The molecule has 0 radical (unpaired) electrons. The van der Waals surface area contributed by atoms with Gasteiger partial charge in [-0.05, 0) is 63.8 Å². The molecule has 39 heavy (non-hydrogen) atoms. The number of benzene rings is 1. The number of hydrogen-bond donors (Lipinski definition) is 3. The Kier molecular flexibility index (Phi) is 8.81. The molecule has 4 N–H and O–H groups in total. The van der Waals surface area contributed by atoms with Crippen LogP contribution in [-0.4, -0.2) is 38.4 Å². The third-order valence-electron chi connectivity index (χ3n) is 7.00. The number of likely N-dealkylation sites (N-methyl/N-ethyl adjacent to an activating group) is 1. The Morgan fingerprint density at radius 3 is 2.64 bits per heavy atom. The van der Waals surface area contributed by atoms with Gasteiger partial charge in [-0.25, -0.2) is 23.7 Å². The topological polar surface area (TPSA) is 118 Å². The minimum Gasteiger partial charge on any atom is -0.381 e. The van der Waals surface area contributed by atoms with Crippen LogP contribution >= 0.6 is 0 Å². The smallest absolute Gasteiger partial charge is 0.259 e. The molecule has 0 bridgehead atoms. The Bertz CT molecular complexity index is 1520. The number of anilines is 2. The maximum Gasteiger partial charge on any atom is 0.259 e. The first-order valence-corrected chi connectivity index (χ1v) is 14.3. The molecule has 0 aliphatic heterocycles. The van der Waals surface area contributed by atoms with Gasteiger partial charge >= 0.3 is 0 Å². The third kappa shape index (κ3) is 6.04. The van der Waals surface area contributed by atoms with Crippen LogP contribution in [0.2, 0.25) is 0 Å². The van der Waals surface area contributed by atoms with Crippen molar-refractivity contribution in [3.8, 4) is 0 Å². The van der Waals surface area contributed by atoms with E-state index in [9.17, 15) is 9.00 Å². The van der Waals surface area contributed by atoms with Crippen LogP contribution in [-0.2, 0) is 18.0 Å². The largest absolute Gasteiger partial charge is 0.381 e. The summed E-state index contributed by atoms with van der Waals surface area (Å²) in [5, 5.41) is 12.8. The van der Waals surface area contributed by atoms with Crippen molar-refractivity contribution < 1.29 is 8.60 Å². The third-order valence-corrected chi connectivity index (χ3v) is 7.82. The summed E-state index contributed by atoms with van der Waals surface area (Å²) in [7, 11) is -0.0703. The molecular weight excluding hydrogens is 517 g/mol. The minimum atomic E-state index is -1.64. The number of hydrogen-bond acceptors (Lipinski definition) is 7. The van der Waals surface area contributed by atoms with E-state index in [-0.39, 0.29) is 22.8 Å². The van der Waals surface area contributed by atoms with E-state index < -0.39 is 16.8 Å². The van der Waals surface area contributed by atoms with Gasteiger partial charge in [0.1, 0.15) is 22.6 Å². The quantitative estimate of drug-likeness (QED) is 0.349. The number of pyridine rings is 1. The number of nitrogens with two attached hydrogens (primary N) is 1. The molecule has 9 nitrogen and oxygen atoms in total. The van der Waals surface area contributed by atoms with Crippen molar-refractivity contribution in [3.05, 3.63) is 80.4 Å². The number of rotatable bonds is 10. The van der Waals surface area contributed by atoms with Crippen molar-refractivity contribution in [1.29, 1.82) is 0 Å². The summed E-state index contributed by atoms with van der Waals surface area (Å²) in [6, 6.07) is 3.25. The van der Waals surface area contributed by atoms with Gasteiger partial charge in [-0.3, -0.25) is 9.36 Å². The van der Waals surface area contributed by atoms with E-state index in [1.165, 1.54) is 4.57 Å². The molecule has 2 heterocycles. The standard InChI is InChI=1S/C28H36FN7O2S/c1-6-36(20-15-32-19(4)33-16-20)12-11-31-27-26(29)25-21(13-17(2)14-22(25)28(37)35(27)5)18(3)34-23-9-7-8-10-24(23)39(30)38/h8,10,13-16,18,31,34H,6-7,9,11-12,30H2,1-5H3/t18-,39?/m1/s1. The normalized spacial score (nSPS) is 14.9. The molecular formula is C28H36FN7O2S. The summed E-state index contributed by atoms with van der Waals surface area (Å²) in [4.78, 5) is 24.5. The Morgan fingerprint density at radius 2 is 1.97 bits per heavy atom. The first-order valence-electron chi connectivity index (χ1n) is 13.0.